The summed E-state index contributed by atoms with van der Waals surface area (Å²) in [5.41, 5.74) is 7.99. The third kappa shape index (κ3) is 2.57. The Kier molecular flexibility index (Phi) is 3.16. The number of benzene rings is 1. The zero-order chi connectivity index (χ0) is 13.4. The zero-order valence-electron chi connectivity index (χ0n) is 11.0. The van der Waals surface area contributed by atoms with E-state index in [9.17, 15) is 5.11 Å². The highest BCUT2D eigenvalue weighted by molar-refractivity contribution is 5.76. The number of hydrogen-bond donors (Lipinski definition) is 2. The van der Waals surface area contributed by atoms with Crippen LogP contribution in [0.5, 0.6) is 0 Å². The average molecular weight is 261 g/mol. The van der Waals surface area contributed by atoms with Crippen LogP contribution in [0.3, 0.4) is 0 Å². The number of aliphatic hydroxyl groups excluding tert-OH is 1. The fraction of sp³-hybridized carbons (Fsp3) is 0.500. The standard InChI is InChI=1S/C14H19N3O2/c1-9(18)10-4-5-17(7-10)8-14-16-12-3-2-11(15)6-13(12)19-14/h2-3,6,9-10,18H,4-5,7-8,15H2,1H3. The topological polar surface area (TPSA) is 75.5 Å². The highest BCUT2D eigenvalue weighted by Crippen LogP contribution is 2.23. The van der Waals surface area contributed by atoms with Gasteiger partial charge in [0.2, 0.25) is 5.89 Å². The Morgan fingerprint density at radius 2 is 2.42 bits per heavy atom. The van der Waals surface area contributed by atoms with Gasteiger partial charge in [0, 0.05) is 18.3 Å². The van der Waals surface area contributed by atoms with Crippen molar-refractivity contribution in [2.75, 3.05) is 18.8 Å². The maximum Gasteiger partial charge on any atom is 0.209 e. The lowest BCUT2D eigenvalue weighted by Gasteiger charge is -2.15. The van der Waals surface area contributed by atoms with Crippen molar-refractivity contribution < 1.29 is 9.52 Å². The molecular weight excluding hydrogens is 242 g/mol. The van der Waals surface area contributed by atoms with Gasteiger partial charge in [-0.2, -0.15) is 0 Å². The number of aromatic nitrogens is 1. The molecule has 19 heavy (non-hydrogen) atoms. The van der Waals surface area contributed by atoms with Crippen molar-refractivity contribution in [2.45, 2.75) is 26.0 Å². The molecule has 2 aromatic rings. The molecule has 0 saturated carbocycles. The van der Waals surface area contributed by atoms with Crippen molar-refractivity contribution in [3.63, 3.8) is 0 Å². The number of rotatable bonds is 3. The first-order valence-corrected chi connectivity index (χ1v) is 6.67. The summed E-state index contributed by atoms with van der Waals surface area (Å²) in [6.07, 6.45) is 0.790. The van der Waals surface area contributed by atoms with Gasteiger partial charge >= 0.3 is 0 Å². The van der Waals surface area contributed by atoms with Crippen LogP contribution in [0.1, 0.15) is 19.2 Å². The van der Waals surface area contributed by atoms with Gasteiger partial charge in [-0.05, 0) is 37.9 Å². The molecule has 1 aliphatic heterocycles. The quantitative estimate of drug-likeness (QED) is 0.821. The Hall–Kier alpha value is -1.59. The maximum atomic E-state index is 9.60. The van der Waals surface area contributed by atoms with Crippen LogP contribution in [0, 0.1) is 5.92 Å². The molecule has 2 heterocycles. The molecule has 5 heteroatoms. The molecule has 2 unspecified atom stereocenters. The molecule has 102 valence electrons. The third-order valence-electron chi connectivity index (χ3n) is 3.81. The van der Waals surface area contributed by atoms with Gasteiger partial charge in [-0.3, -0.25) is 4.90 Å². The van der Waals surface area contributed by atoms with Crippen LogP contribution in [-0.4, -0.2) is 34.2 Å². The maximum absolute atomic E-state index is 9.60. The Balaban J connectivity index is 1.72. The predicted molar refractivity (Wildman–Crippen MR) is 73.5 cm³/mol. The summed E-state index contributed by atoms with van der Waals surface area (Å²) in [5, 5.41) is 9.60. The number of nitrogens with two attached hydrogens (primary N) is 1. The molecule has 0 spiro atoms. The van der Waals surface area contributed by atoms with Crippen molar-refractivity contribution in [3.05, 3.63) is 24.1 Å². The first-order valence-electron chi connectivity index (χ1n) is 6.67. The van der Waals surface area contributed by atoms with Crippen LogP contribution in [0.25, 0.3) is 11.1 Å². The van der Waals surface area contributed by atoms with E-state index in [0.29, 0.717) is 24.0 Å². The van der Waals surface area contributed by atoms with Crippen LogP contribution in [0.4, 0.5) is 5.69 Å². The number of likely N-dealkylation sites (tertiary alicyclic amines) is 1. The van der Waals surface area contributed by atoms with Gasteiger partial charge in [0.05, 0.1) is 12.6 Å². The predicted octanol–water partition coefficient (Wildman–Crippen LogP) is 1.61. The summed E-state index contributed by atoms with van der Waals surface area (Å²) in [6.45, 7) is 4.43. The molecule has 1 aromatic heterocycles. The number of anilines is 1. The Morgan fingerprint density at radius 3 is 3.16 bits per heavy atom. The van der Waals surface area contributed by atoms with Gasteiger partial charge in [0.25, 0.3) is 0 Å². The lowest BCUT2D eigenvalue weighted by atomic mass is 10.0. The van der Waals surface area contributed by atoms with Crippen molar-refractivity contribution in [1.29, 1.82) is 0 Å². The van der Waals surface area contributed by atoms with Crippen molar-refractivity contribution in [1.82, 2.24) is 9.88 Å². The van der Waals surface area contributed by atoms with E-state index in [1.54, 1.807) is 6.07 Å². The van der Waals surface area contributed by atoms with Gasteiger partial charge < -0.3 is 15.3 Å². The number of fused-ring (bicyclic) bond motifs is 1. The molecule has 0 radical (unpaired) electrons. The van der Waals surface area contributed by atoms with Crippen LogP contribution in [0.2, 0.25) is 0 Å². The van der Waals surface area contributed by atoms with Crippen LogP contribution < -0.4 is 5.73 Å². The monoisotopic (exact) mass is 261 g/mol. The average Bonchev–Trinajstić information content (AvgIpc) is 2.95. The normalized spacial score (nSPS) is 22.1. The fourth-order valence-corrected chi connectivity index (χ4v) is 2.65. The second-order valence-electron chi connectivity index (χ2n) is 5.36. The molecule has 1 aliphatic rings. The summed E-state index contributed by atoms with van der Waals surface area (Å²) in [6, 6.07) is 5.50. The van der Waals surface area contributed by atoms with E-state index in [0.717, 1.165) is 30.6 Å². The fourth-order valence-electron chi connectivity index (χ4n) is 2.65. The van der Waals surface area contributed by atoms with E-state index in [1.165, 1.54) is 0 Å². The van der Waals surface area contributed by atoms with Gasteiger partial charge in [-0.15, -0.1) is 0 Å². The smallest absolute Gasteiger partial charge is 0.209 e. The summed E-state index contributed by atoms with van der Waals surface area (Å²) in [5.74, 6) is 1.08. The summed E-state index contributed by atoms with van der Waals surface area (Å²) in [7, 11) is 0. The molecule has 2 atom stereocenters. The molecule has 0 bridgehead atoms. The molecule has 0 aliphatic carbocycles. The second-order valence-corrected chi connectivity index (χ2v) is 5.36. The molecule has 0 amide bonds. The summed E-state index contributed by atoms with van der Waals surface area (Å²) < 4.78 is 5.71. The molecular formula is C14H19N3O2. The SMILES string of the molecule is CC(O)C1CCN(Cc2nc3ccc(N)cc3o2)C1. The highest BCUT2D eigenvalue weighted by atomic mass is 16.3. The molecule has 1 aromatic carbocycles. The highest BCUT2D eigenvalue weighted by Gasteiger charge is 2.26. The van der Waals surface area contributed by atoms with Crippen LogP contribution in [0.15, 0.2) is 22.6 Å². The lowest BCUT2D eigenvalue weighted by molar-refractivity contribution is 0.126. The minimum atomic E-state index is -0.242. The van der Waals surface area contributed by atoms with Crippen LogP contribution >= 0.6 is 0 Å². The molecule has 3 rings (SSSR count). The molecule has 3 N–H and O–H groups in total. The zero-order valence-corrected chi connectivity index (χ0v) is 11.0. The van der Waals surface area contributed by atoms with Crippen LogP contribution in [-0.2, 0) is 6.54 Å². The second kappa shape index (κ2) is 4.83. The van der Waals surface area contributed by atoms with Gasteiger partial charge in [0.15, 0.2) is 5.58 Å². The van der Waals surface area contributed by atoms with E-state index < -0.39 is 0 Å². The van der Waals surface area contributed by atoms with Crippen molar-refractivity contribution in [3.8, 4) is 0 Å². The minimum Gasteiger partial charge on any atom is -0.439 e. The van der Waals surface area contributed by atoms with Crippen molar-refractivity contribution >= 4 is 16.8 Å². The molecule has 5 nitrogen and oxygen atoms in total. The van der Waals surface area contributed by atoms with E-state index in [-0.39, 0.29) is 6.10 Å². The molecule has 1 fully saturated rings. The third-order valence-corrected chi connectivity index (χ3v) is 3.81. The number of oxazole rings is 1. The van der Waals surface area contributed by atoms with Gasteiger partial charge in [-0.25, -0.2) is 4.98 Å². The van der Waals surface area contributed by atoms with Crippen molar-refractivity contribution in [2.24, 2.45) is 5.92 Å². The first-order chi connectivity index (χ1) is 9.11. The van der Waals surface area contributed by atoms with E-state index >= 15 is 0 Å². The van der Waals surface area contributed by atoms with E-state index in [2.05, 4.69) is 9.88 Å². The molecule has 1 saturated heterocycles. The number of nitrogens with zero attached hydrogens (tertiary/aromatic N) is 2. The van der Waals surface area contributed by atoms with E-state index in [1.807, 2.05) is 19.1 Å². The van der Waals surface area contributed by atoms with E-state index in [4.69, 9.17) is 10.2 Å². The number of aliphatic hydroxyl groups is 1. The Labute approximate surface area is 112 Å². The first kappa shape index (κ1) is 12.4. The Bertz CT molecular complexity index is 579. The summed E-state index contributed by atoms with van der Waals surface area (Å²) >= 11 is 0. The van der Waals surface area contributed by atoms with Gasteiger partial charge in [-0.1, -0.05) is 0 Å². The Morgan fingerprint density at radius 1 is 1.58 bits per heavy atom. The number of hydrogen-bond acceptors (Lipinski definition) is 5. The summed E-state index contributed by atoms with van der Waals surface area (Å²) in [4.78, 5) is 6.73. The number of nitrogen functional groups attached to an aromatic ring is 1. The minimum absolute atomic E-state index is 0.242. The lowest BCUT2D eigenvalue weighted by Crippen LogP contribution is -2.24. The largest absolute Gasteiger partial charge is 0.439 e. The van der Waals surface area contributed by atoms with Gasteiger partial charge in [0.1, 0.15) is 5.52 Å².